The van der Waals surface area contributed by atoms with E-state index in [1.54, 1.807) is 18.4 Å². The van der Waals surface area contributed by atoms with Crippen LogP contribution in [0.2, 0.25) is 0 Å². The Labute approximate surface area is 106 Å². The summed E-state index contributed by atoms with van der Waals surface area (Å²) in [4.78, 5) is 8.21. The molecule has 2 rings (SSSR count). The summed E-state index contributed by atoms with van der Waals surface area (Å²) >= 11 is 1.75. The number of ether oxygens (including phenoxy) is 2. The molecular formula is C11H19N3O2S. The minimum absolute atomic E-state index is 0.581. The molecule has 0 bridgehead atoms. The van der Waals surface area contributed by atoms with E-state index in [1.807, 2.05) is 7.05 Å². The van der Waals surface area contributed by atoms with Gasteiger partial charge in [0.15, 0.2) is 5.13 Å². The Hall–Kier alpha value is -0.690. The Morgan fingerprint density at radius 2 is 2.24 bits per heavy atom. The van der Waals surface area contributed by atoms with E-state index in [0.29, 0.717) is 6.61 Å². The van der Waals surface area contributed by atoms with Gasteiger partial charge >= 0.3 is 0 Å². The fourth-order valence-electron chi connectivity index (χ4n) is 1.81. The standard InChI is InChI=1S/C11H19N3O2S/c1-12-7-10-9(8-15-2)13-11(17-10)14-3-5-16-6-4-14/h12H,3-8H2,1-2H3. The highest BCUT2D eigenvalue weighted by molar-refractivity contribution is 7.15. The Kier molecular flexibility index (Phi) is 4.73. The van der Waals surface area contributed by atoms with Gasteiger partial charge in [0.1, 0.15) is 0 Å². The van der Waals surface area contributed by atoms with Gasteiger partial charge in [0.05, 0.1) is 25.5 Å². The van der Waals surface area contributed by atoms with Crippen LogP contribution in [0.5, 0.6) is 0 Å². The third-order valence-corrected chi connectivity index (χ3v) is 3.83. The zero-order valence-corrected chi connectivity index (χ0v) is 11.2. The molecule has 0 aromatic carbocycles. The van der Waals surface area contributed by atoms with Crippen LogP contribution >= 0.6 is 11.3 Å². The van der Waals surface area contributed by atoms with E-state index >= 15 is 0 Å². The molecule has 1 saturated heterocycles. The first-order chi connectivity index (χ1) is 8.35. The highest BCUT2D eigenvalue weighted by atomic mass is 32.1. The van der Waals surface area contributed by atoms with Crippen molar-refractivity contribution in [2.75, 3.05) is 45.4 Å². The summed E-state index contributed by atoms with van der Waals surface area (Å²) in [5.74, 6) is 0. The Morgan fingerprint density at radius 3 is 2.88 bits per heavy atom. The number of morpholine rings is 1. The minimum Gasteiger partial charge on any atom is -0.378 e. The number of nitrogens with zero attached hydrogens (tertiary/aromatic N) is 2. The summed E-state index contributed by atoms with van der Waals surface area (Å²) in [5, 5.41) is 4.26. The van der Waals surface area contributed by atoms with Crippen molar-refractivity contribution in [3.63, 3.8) is 0 Å². The molecule has 96 valence electrons. The smallest absolute Gasteiger partial charge is 0.186 e. The number of thiazole rings is 1. The predicted molar refractivity (Wildman–Crippen MR) is 68.6 cm³/mol. The van der Waals surface area contributed by atoms with Crippen molar-refractivity contribution < 1.29 is 9.47 Å². The molecule has 0 spiro atoms. The first kappa shape index (κ1) is 12.8. The van der Waals surface area contributed by atoms with Gasteiger partial charge in [-0.3, -0.25) is 0 Å². The number of anilines is 1. The summed E-state index contributed by atoms with van der Waals surface area (Å²) in [6, 6.07) is 0. The molecular weight excluding hydrogens is 238 g/mol. The van der Waals surface area contributed by atoms with Gasteiger partial charge in [0, 0.05) is 31.6 Å². The molecule has 1 aliphatic heterocycles. The van der Waals surface area contributed by atoms with Crippen molar-refractivity contribution in [2.24, 2.45) is 0 Å². The highest BCUT2D eigenvalue weighted by Gasteiger charge is 2.17. The topological polar surface area (TPSA) is 46.6 Å². The Bertz CT molecular complexity index is 327. The number of methoxy groups -OCH3 is 1. The Balaban J connectivity index is 2.13. The first-order valence-electron chi connectivity index (χ1n) is 5.80. The highest BCUT2D eigenvalue weighted by Crippen LogP contribution is 2.27. The van der Waals surface area contributed by atoms with Gasteiger partial charge in [-0.25, -0.2) is 4.98 Å². The second-order valence-corrected chi connectivity index (χ2v) is 4.99. The molecule has 0 radical (unpaired) electrons. The van der Waals surface area contributed by atoms with Crippen LogP contribution in [-0.2, 0) is 22.6 Å². The van der Waals surface area contributed by atoms with Crippen LogP contribution in [-0.4, -0.2) is 45.4 Å². The normalized spacial score (nSPS) is 16.5. The lowest BCUT2D eigenvalue weighted by Gasteiger charge is -2.26. The minimum atomic E-state index is 0.581. The summed E-state index contributed by atoms with van der Waals surface area (Å²) < 4.78 is 10.5. The van der Waals surface area contributed by atoms with E-state index in [-0.39, 0.29) is 0 Å². The molecule has 0 amide bonds. The van der Waals surface area contributed by atoms with Gasteiger partial charge in [-0.2, -0.15) is 0 Å². The number of aromatic nitrogens is 1. The quantitative estimate of drug-likeness (QED) is 0.847. The van der Waals surface area contributed by atoms with Crippen LogP contribution in [0.4, 0.5) is 5.13 Å². The molecule has 0 atom stereocenters. The molecule has 1 aromatic heterocycles. The van der Waals surface area contributed by atoms with Crippen LogP contribution < -0.4 is 10.2 Å². The van der Waals surface area contributed by atoms with Gasteiger partial charge in [-0.15, -0.1) is 11.3 Å². The molecule has 6 heteroatoms. The van der Waals surface area contributed by atoms with Crippen molar-refractivity contribution in [1.29, 1.82) is 0 Å². The van der Waals surface area contributed by atoms with Crippen LogP contribution in [0.3, 0.4) is 0 Å². The number of hydrogen-bond acceptors (Lipinski definition) is 6. The Morgan fingerprint density at radius 1 is 1.47 bits per heavy atom. The van der Waals surface area contributed by atoms with E-state index in [4.69, 9.17) is 9.47 Å². The predicted octanol–water partition coefficient (Wildman–Crippen LogP) is 0.845. The van der Waals surface area contributed by atoms with Gasteiger partial charge < -0.3 is 19.7 Å². The second kappa shape index (κ2) is 6.30. The van der Waals surface area contributed by atoms with E-state index in [0.717, 1.165) is 43.7 Å². The number of nitrogens with one attached hydrogen (secondary N) is 1. The summed E-state index contributed by atoms with van der Waals surface area (Å²) in [5.41, 5.74) is 1.05. The molecule has 2 heterocycles. The molecule has 1 aliphatic rings. The second-order valence-electron chi connectivity index (χ2n) is 3.93. The van der Waals surface area contributed by atoms with E-state index in [2.05, 4.69) is 15.2 Å². The average Bonchev–Trinajstić information content (AvgIpc) is 2.75. The maximum atomic E-state index is 5.35. The number of hydrogen-bond donors (Lipinski definition) is 1. The molecule has 0 aliphatic carbocycles. The monoisotopic (exact) mass is 257 g/mol. The fourth-order valence-corrected chi connectivity index (χ4v) is 2.93. The molecule has 1 N–H and O–H groups in total. The maximum Gasteiger partial charge on any atom is 0.186 e. The summed E-state index contributed by atoms with van der Waals surface area (Å²) in [6.07, 6.45) is 0. The van der Waals surface area contributed by atoms with Crippen molar-refractivity contribution in [2.45, 2.75) is 13.2 Å². The van der Waals surface area contributed by atoms with Crippen LogP contribution in [0.1, 0.15) is 10.6 Å². The van der Waals surface area contributed by atoms with E-state index in [9.17, 15) is 0 Å². The molecule has 0 saturated carbocycles. The zero-order chi connectivity index (χ0) is 12.1. The lowest BCUT2D eigenvalue weighted by atomic mass is 10.4. The first-order valence-corrected chi connectivity index (χ1v) is 6.61. The van der Waals surface area contributed by atoms with Crippen LogP contribution in [0.25, 0.3) is 0 Å². The van der Waals surface area contributed by atoms with Crippen molar-refractivity contribution in [3.8, 4) is 0 Å². The van der Waals surface area contributed by atoms with Crippen LogP contribution in [0, 0.1) is 0 Å². The molecule has 5 nitrogen and oxygen atoms in total. The van der Waals surface area contributed by atoms with Gasteiger partial charge in [-0.05, 0) is 7.05 Å². The molecule has 1 aromatic rings. The zero-order valence-electron chi connectivity index (χ0n) is 10.4. The largest absolute Gasteiger partial charge is 0.378 e. The van der Waals surface area contributed by atoms with Crippen molar-refractivity contribution in [1.82, 2.24) is 10.3 Å². The van der Waals surface area contributed by atoms with Gasteiger partial charge in [0.25, 0.3) is 0 Å². The van der Waals surface area contributed by atoms with E-state index in [1.165, 1.54) is 4.88 Å². The molecule has 17 heavy (non-hydrogen) atoms. The van der Waals surface area contributed by atoms with Crippen molar-refractivity contribution in [3.05, 3.63) is 10.6 Å². The van der Waals surface area contributed by atoms with Crippen molar-refractivity contribution >= 4 is 16.5 Å². The van der Waals surface area contributed by atoms with Gasteiger partial charge in [-0.1, -0.05) is 0 Å². The average molecular weight is 257 g/mol. The molecule has 0 unspecified atom stereocenters. The lowest BCUT2D eigenvalue weighted by Crippen LogP contribution is -2.36. The van der Waals surface area contributed by atoms with Crippen LogP contribution in [0.15, 0.2) is 0 Å². The third kappa shape index (κ3) is 3.16. The maximum absolute atomic E-state index is 5.35. The third-order valence-electron chi connectivity index (χ3n) is 2.67. The molecule has 1 fully saturated rings. The fraction of sp³-hybridized carbons (Fsp3) is 0.727. The SMILES string of the molecule is CNCc1sc(N2CCOCC2)nc1COC. The number of rotatable bonds is 5. The van der Waals surface area contributed by atoms with Gasteiger partial charge in [0.2, 0.25) is 0 Å². The summed E-state index contributed by atoms with van der Waals surface area (Å²) in [6.45, 7) is 4.87. The van der Waals surface area contributed by atoms with E-state index < -0.39 is 0 Å². The lowest BCUT2D eigenvalue weighted by molar-refractivity contribution is 0.122. The summed E-state index contributed by atoms with van der Waals surface area (Å²) in [7, 11) is 3.65.